The van der Waals surface area contributed by atoms with Crippen molar-refractivity contribution in [2.45, 2.75) is 37.9 Å². The third-order valence-corrected chi connectivity index (χ3v) is 4.99. The normalized spacial score (nSPS) is 17.1. The van der Waals surface area contributed by atoms with E-state index in [4.69, 9.17) is 5.73 Å². The lowest BCUT2D eigenvalue weighted by Crippen LogP contribution is -2.52. The van der Waals surface area contributed by atoms with E-state index < -0.39 is 12.1 Å². The van der Waals surface area contributed by atoms with Crippen molar-refractivity contribution in [3.8, 4) is 0 Å². The zero-order valence-corrected chi connectivity index (χ0v) is 15.3. The van der Waals surface area contributed by atoms with Gasteiger partial charge in [-0.05, 0) is 29.2 Å². The maximum absolute atomic E-state index is 13.8. The predicted molar refractivity (Wildman–Crippen MR) is 101 cm³/mol. The fourth-order valence-corrected chi connectivity index (χ4v) is 3.55. The fourth-order valence-electron chi connectivity index (χ4n) is 3.55. The molecule has 3 N–H and O–H groups in total. The number of likely N-dealkylation sites (N-methyl/N-ethyl adjacent to an activating group) is 1. The number of nitrogens with zero attached hydrogens (tertiary/aromatic N) is 1. The molecule has 0 aliphatic carbocycles. The van der Waals surface area contributed by atoms with Crippen LogP contribution in [0.15, 0.2) is 48.5 Å². The molecule has 0 radical (unpaired) electrons. The van der Waals surface area contributed by atoms with Crippen molar-refractivity contribution >= 4 is 11.8 Å². The lowest BCUT2D eigenvalue weighted by molar-refractivity contribution is -0.141. The van der Waals surface area contributed by atoms with Crippen LogP contribution in [-0.2, 0) is 29.0 Å². The third kappa shape index (κ3) is 4.34. The van der Waals surface area contributed by atoms with Gasteiger partial charge in [-0.3, -0.25) is 9.59 Å². The number of halogens is 1. The number of fused-ring (bicyclic) bond motifs is 1. The topological polar surface area (TPSA) is 75.4 Å². The minimum Gasteiger partial charge on any atom is -0.357 e. The number of carbonyl (C=O) groups excluding carboxylic acids is 2. The van der Waals surface area contributed by atoms with Crippen molar-refractivity contribution in [2.75, 3.05) is 7.05 Å². The van der Waals surface area contributed by atoms with Gasteiger partial charge in [0.15, 0.2) is 0 Å². The molecule has 2 aromatic carbocycles. The Bertz CT molecular complexity index is 840. The van der Waals surface area contributed by atoms with Crippen LogP contribution in [0.1, 0.15) is 23.1 Å². The van der Waals surface area contributed by atoms with Crippen molar-refractivity contribution in [1.29, 1.82) is 0 Å². The number of carbonyl (C=O) groups is 2. The summed E-state index contributed by atoms with van der Waals surface area (Å²) >= 11 is 0. The van der Waals surface area contributed by atoms with Crippen LogP contribution in [0.4, 0.5) is 4.39 Å². The van der Waals surface area contributed by atoms with Crippen LogP contribution in [0.2, 0.25) is 0 Å². The summed E-state index contributed by atoms with van der Waals surface area (Å²) < 4.78 is 13.8. The molecule has 0 aromatic heterocycles. The minimum atomic E-state index is -0.557. The molecular weight excluding hydrogens is 345 g/mol. The SMILES string of the molecule is CNC(=O)[C@@H]1Cc2ccccc2CN1C(=O)C[C@H](N)Cc1ccccc1F. The second kappa shape index (κ2) is 8.31. The lowest BCUT2D eigenvalue weighted by atomic mass is 9.92. The van der Waals surface area contributed by atoms with E-state index in [0.29, 0.717) is 18.5 Å². The number of nitrogens with one attached hydrogen (secondary N) is 1. The zero-order valence-electron chi connectivity index (χ0n) is 15.3. The molecule has 2 amide bonds. The summed E-state index contributed by atoms with van der Waals surface area (Å²) in [5, 5.41) is 2.64. The molecule has 0 fully saturated rings. The van der Waals surface area contributed by atoms with Crippen molar-refractivity contribution in [1.82, 2.24) is 10.2 Å². The quantitative estimate of drug-likeness (QED) is 0.844. The van der Waals surface area contributed by atoms with E-state index in [2.05, 4.69) is 5.32 Å². The van der Waals surface area contributed by atoms with E-state index in [-0.39, 0.29) is 30.5 Å². The van der Waals surface area contributed by atoms with E-state index in [9.17, 15) is 14.0 Å². The van der Waals surface area contributed by atoms with Crippen molar-refractivity contribution in [3.63, 3.8) is 0 Å². The maximum Gasteiger partial charge on any atom is 0.242 e. The number of hydrogen-bond donors (Lipinski definition) is 2. The number of amides is 2. The summed E-state index contributed by atoms with van der Waals surface area (Å²) in [6.07, 6.45) is 0.807. The molecule has 0 saturated carbocycles. The van der Waals surface area contributed by atoms with Crippen molar-refractivity contribution in [2.24, 2.45) is 5.73 Å². The molecular formula is C21H24FN3O2. The monoisotopic (exact) mass is 369 g/mol. The average molecular weight is 369 g/mol. The largest absolute Gasteiger partial charge is 0.357 e. The van der Waals surface area contributed by atoms with E-state index in [1.165, 1.54) is 6.07 Å². The number of rotatable bonds is 5. The summed E-state index contributed by atoms with van der Waals surface area (Å²) in [7, 11) is 1.56. The third-order valence-electron chi connectivity index (χ3n) is 4.99. The van der Waals surface area contributed by atoms with Gasteiger partial charge in [-0.1, -0.05) is 42.5 Å². The van der Waals surface area contributed by atoms with Gasteiger partial charge in [0.2, 0.25) is 11.8 Å². The highest BCUT2D eigenvalue weighted by molar-refractivity contribution is 5.88. The lowest BCUT2D eigenvalue weighted by Gasteiger charge is -2.36. The van der Waals surface area contributed by atoms with Crippen molar-refractivity contribution < 1.29 is 14.0 Å². The molecule has 6 heteroatoms. The molecule has 0 spiro atoms. The Morgan fingerprint density at radius 1 is 1.19 bits per heavy atom. The Morgan fingerprint density at radius 3 is 2.56 bits per heavy atom. The second-order valence-electron chi connectivity index (χ2n) is 6.88. The molecule has 1 heterocycles. The maximum atomic E-state index is 13.8. The Hall–Kier alpha value is -2.73. The summed E-state index contributed by atoms with van der Waals surface area (Å²) in [5.41, 5.74) is 8.72. The van der Waals surface area contributed by atoms with Gasteiger partial charge in [0.05, 0.1) is 0 Å². The molecule has 27 heavy (non-hydrogen) atoms. The van der Waals surface area contributed by atoms with E-state index in [1.807, 2.05) is 24.3 Å². The number of nitrogens with two attached hydrogens (primary N) is 1. The first-order valence-electron chi connectivity index (χ1n) is 9.06. The van der Waals surface area contributed by atoms with Crippen LogP contribution in [0.5, 0.6) is 0 Å². The van der Waals surface area contributed by atoms with E-state index >= 15 is 0 Å². The van der Waals surface area contributed by atoms with E-state index in [1.54, 1.807) is 30.1 Å². The first-order chi connectivity index (χ1) is 13.0. The summed E-state index contributed by atoms with van der Waals surface area (Å²) in [6.45, 7) is 0.375. The van der Waals surface area contributed by atoms with Gasteiger partial charge in [0, 0.05) is 32.5 Å². The van der Waals surface area contributed by atoms with Gasteiger partial charge < -0.3 is 16.0 Å². The molecule has 1 aliphatic heterocycles. The van der Waals surface area contributed by atoms with Crippen molar-refractivity contribution in [3.05, 3.63) is 71.0 Å². The van der Waals surface area contributed by atoms with Crippen LogP contribution < -0.4 is 11.1 Å². The Kier molecular flexibility index (Phi) is 5.86. The second-order valence-corrected chi connectivity index (χ2v) is 6.88. The molecule has 5 nitrogen and oxygen atoms in total. The standard InChI is InChI=1S/C21H24FN3O2/c1-24-21(27)19-11-14-6-2-3-8-16(14)13-25(19)20(26)12-17(23)10-15-7-4-5-9-18(15)22/h2-9,17,19H,10-13,23H2,1H3,(H,24,27)/t17-,19+/m1/s1. The van der Waals surface area contributed by atoms with Crippen LogP contribution >= 0.6 is 0 Å². The van der Waals surface area contributed by atoms with Gasteiger partial charge in [-0.25, -0.2) is 4.39 Å². The Balaban J connectivity index is 1.73. The van der Waals surface area contributed by atoms with Gasteiger partial charge in [0.25, 0.3) is 0 Å². The Morgan fingerprint density at radius 2 is 1.85 bits per heavy atom. The van der Waals surface area contributed by atoms with Crippen LogP contribution in [-0.4, -0.2) is 35.8 Å². The first kappa shape index (κ1) is 19.0. The summed E-state index contributed by atoms with van der Waals surface area (Å²) in [5.74, 6) is -0.710. The Labute approximate surface area is 158 Å². The minimum absolute atomic E-state index is 0.0595. The van der Waals surface area contributed by atoms with E-state index in [0.717, 1.165) is 11.1 Å². The predicted octanol–water partition coefficient (Wildman–Crippen LogP) is 1.79. The van der Waals surface area contributed by atoms with Crippen LogP contribution in [0.25, 0.3) is 0 Å². The highest BCUT2D eigenvalue weighted by atomic mass is 19.1. The first-order valence-corrected chi connectivity index (χ1v) is 9.06. The average Bonchev–Trinajstić information content (AvgIpc) is 2.68. The number of benzene rings is 2. The van der Waals surface area contributed by atoms with Gasteiger partial charge in [-0.2, -0.15) is 0 Å². The highest BCUT2D eigenvalue weighted by Crippen LogP contribution is 2.24. The molecule has 3 rings (SSSR count). The molecule has 0 saturated heterocycles. The highest BCUT2D eigenvalue weighted by Gasteiger charge is 2.34. The molecule has 0 unspecified atom stereocenters. The molecule has 142 valence electrons. The fraction of sp³-hybridized carbons (Fsp3) is 0.333. The summed E-state index contributed by atoms with van der Waals surface area (Å²) in [6, 6.07) is 13.1. The molecule has 2 aromatic rings. The zero-order chi connectivity index (χ0) is 19.4. The molecule has 2 atom stereocenters. The van der Waals surface area contributed by atoms with Gasteiger partial charge in [-0.15, -0.1) is 0 Å². The molecule has 0 bridgehead atoms. The summed E-state index contributed by atoms with van der Waals surface area (Å²) in [4.78, 5) is 26.8. The molecule has 1 aliphatic rings. The van der Waals surface area contributed by atoms with Gasteiger partial charge in [0.1, 0.15) is 11.9 Å². The van der Waals surface area contributed by atoms with Crippen LogP contribution in [0.3, 0.4) is 0 Å². The van der Waals surface area contributed by atoms with Crippen LogP contribution in [0, 0.1) is 5.82 Å². The number of hydrogen-bond acceptors (Lipinski definition) is 3. The van der Waals surface area contributed by atoms with Gasteiger partial charge >= 0.3 is 0 Å². The smallest absolute Gasteiger partial charge is 0.242 e.